The van der Waals surface area contributed by atoms with Gasteiger partial charge in [-0.15, -0.1) is 0 Å². The number of piperidine rings is 1. The van der Waals surface area contributed by atoms with Crippen LogP contribution in [0.4, 0.5) is 11.8 Å². The minimum Gasteiger partial charge on any atom is -0.356 e. The summed E-state index contributed by atoms with van der Waals surface area (Å²) in [5.74, 6) is 2.74. The quantitative estimate of drug-likeness (QED) is 0.670. The first-order chi connectivity index (χ1) is 14.8. The highest BCUT2D eigenvalue weighted by atomic mass is 15.2. The van der Waals surface area contributed by atoms with Crippen molar-refractivity contribution in [3.63, 3.8) is 0 Å². The van der Waals surface area contributed by atoms with Crippen LogP contribution < -0.4 is 10.2 Å². The van der Waals surface area contributed by atoms with Gasteiger partial charge in [-0.1, -0.05) is 51.7 Å². The predicted molar refractivity (Wildman–Crippen MR) is 127 cm³/mol. The van der Waals surface area contributed by atoms with Crippen LogP contribution in [0.5, 0.6) is 0 Å². The second kappa shape index (κ2) is 10.4. The molecule has 0 bridgehead atoms. The molecule has 1 aromatic carbocycles. The van der Waals surface area contributed by atoms with Gasteiger partial charge < -0.3 is 15.1 Å². The summed E-state index contributed by atoms with van der Waals surface area (Å²) in [6.07, 6.45) is 10.2. The minimum absolute atomic E-state index is 0.436. The van der Waals surface area contributed by atoms with E-state index in [1.807, 2.05) is 0 Å². The average Bonchev–Trinajstić information content (AvgIpc) is 3.07. The molecule has 2 saturated heterocycles. The largest absolute Gasteiger partial charge is 0.356 e. The van der Waals surface area contributed by atoms with E-state index in [-0.39, 0.29) is 0 Å². The van der Waals surface area contributed by atoms with Crippen molar-refractivity contribution in [1.82, 2.24) is 14.9 Å². The van der Waals surface area contributed by atoms with E-state index in [4.69, 9.17) is 9.97 Å². The third-order valence-corrected chi connectivity index (χ3v) is 7.00. The van der Waals surface area contributed by atoms with Crippen molar-refractivity contribution < 1.29 is 0 Å². The number of nitrogens with zero attached hydrogens (tertiary/aromatic N) is 4. The van der Waals surface area contributed by atoms with E-state index in [0.717, 1.165) is 42.8 Å². The molecule has 1 atom stereocenters. The number of benzene rings is 1. The number of para-hydroxylation sites is 1. The minimum atomic E-state index is 0.436. The molecule has 1 N–H and O–H groups in total. The Bertz CT molecular complexity index is 795. The number of aromatic nitrogens is 2. The van der Waals surface area contributed by atoms with Gasteiger partial charge in [-0.25, -0.2) is 4.98 Å². The van der Waals surface area contributed by atoms with Gasteiger partial charge in [-0.2, -0.15) is 4.98 Å². The summed E-state index contributed by atoms with van der Waals surface area (Å²) in [5.41, 5.74) is 1.05. The molecule has 164 valence electrons. The Balaban J connectivity index is 1.52. The van der Waals surface area contributed by atoms with Crippen LogP contribution in [0, 0.1) is 5.92 Å². The van der Waals surface area contributed by atoms with Crippen LogP contribution >= 0.6 is 0 Å². The van der Waals surface area contributed by atoms with Gasteiger partial charge in [0.1, 0.15) is 5.82 Å². The Hall–Kier alpha value is -1.88. The molecule has 5 heteroatoms. The van der Waals surface area contributed by atoms with E-state index < -0.39 is 0 Å². The van der Waals surface area contributed by atoms with E-state index >= 15 is 0 Å². The molecule has 2 fully saturated rings. The highest BCUT2D eigenvalue weighted by Crippen LogP contribution is 2.28. The zero-order valence-electron chi connectivity index (χ0n) is 18.9. The fraction of sp³-hybridized carbons (Fsp3) is 0.680. The van der Waals surface area contributed by atoms with Gasteiger partial charge in [0.25, 0.3) is 0 Å². The van der Waals surface area contributed by atoms with Crippen LogP contribution in [0.2, 0.25) is 0 Å². The summed E-state index contributed by atoms with van der Waals surface area (Å²) in [4.78, 5) is 15.1. The predicted octanol–water partition coefficient (Wildman–Crippen LogP) is 5.32. The zero-order chi connectivity index (χ0) is 20.8. The van der Waals surface area contributed by atoms with Crippen LogP contribution in [-0.4, -0.2) is 53.6 Å². The van der Waals surface area contributed by atoms with Crippen molar-refractivity contribution in [2.24, 2.45) is 5.92 Å². The number of likely N-dealkylation sites (tertiary alicyclic amines) is 1. The van der Waals surface area contributed by atoms with E-state index in [0.29, 0.717) is 6.04 Å². The van der Waals surface area contributed by atoms with Crippen molar-refractivity contribution >= 4 is 22.7 Å². The van der Waals surface area contributed by atoms with Gasteiger partial charge in [0, 0.05) is 37.6 Å². The van der Waals surface area contributed by atoms with Crippen molar-refractivity contribution in [3.05, 3.63) is 24.3 Å². The maximum absolute atomic E-state index is 5.06. The molecule has 30 heavy (non-hydrogen) atoms. The number of fused-ring (bicyclic) bond motifs is 1. The third kappa shape index (κ3) is 5.23. The van der Waals surface area contributed by atoms with Gasteiger partial charge in [-0.3, -0.25) is 0 Å². The fourth-order valence-electron chi connectivity index (χ4n) is 5.08. The second-order valence-corrected chi connectivity index (χ2v) is 9.21. The lowest BCUT2D eigenvalue weighted by molar-refractivity contribution is 0.181. The molecule has 2 aliphatic rings. The average molecular weight is 410 g/mol. The first-order valence-corrected chi connectivity index (χ1v) is 12.3. The molecular weight excluding hydrogens is 370 g/mol. The first kappa shape index (κ1) is 21.4. The van der Waals surface area contributed by atoms with Gasteiger partial charge in [0.15, 0.2) is 0 Å². The molecule has 0 aliphatic carbocycles. The molecular formula is C25H39N5. The lowest BCUT2D eigenvalue weighted by atomic mass is 9.99. The van der Waals surface area contributed by atoms with Crippen molar-refractivity contribution in [3.8, 4) is 0 Å². The summed E-state index contributed by atoms with van der Waals surface area (Å²) in [7, 11) is 0. The van der Waals surface area contributed by atoms with Crippen LogP contribution in [-0.2, 0) is 0 Å². The highest BCUT2D eigenvalue weighted by molar-refractivity contribution is 5.90. The van der Waals surface area contributed by atoms with Crippen molar-refractivity contribution in [2.75, 3.05) is 42.9 Å². The Kier molecular flexibility index (Phi) is 7.42. The number of hydrogen-bond acceptors (Lipinski definition) is 5. The third-order valence-electron chi connectivity index (χ3n) is 7.00. The lowest BCUT2D eigenvalue weighted by Crippen LogP contribution is -2.44. The fourth-order valence-corrected chi connectivity index (χ4v) is 5.08. The van der Waals surface area contributed by atoms with Crippen molar-refractivity contribution in [1.29, 1.82) is 0 Å². The molecule has 0 radical (unpaired) electrons. The molecule has 0 saturated carbocycles. The normalized spacial score (nSPS) is 21.2. The number of hydrogen-bond donors (Lipinski definition) is 1. The van der Waals surface area contributed by atoms with Crippen LogP contribution in [0.3, 0.4) is 0 Å². The zero-order valence-corrected chi connectivity index (χ0v) is 18.9. The summed E-state index contributed by atoms with van der Waals surface area (Å²) in [5, 5.41) is 4.90. The molecule has 4 rings (SSSR count). The Morgan fingerprint density at radius 3 is 2.50 bits per heavy atom. The molecule has 3 heterocycles. The maximum Gasteiger partial charge on any atom is 0.225 e. The SMILES string of the molecule is CCC(CC)CN1CCCC(Nc2nc(N3CCCCCC3)c3ccccc3n2)C1. The van der Waals surface area contributed by atoms with Gasteiger partial charge >= 0.3 is 0 Å². The molecule has 2 aromatic rings. The van der Waals surface area contributed by atoms with E-state index in [1.54, 1.807) is 0 Å². The molecule has 2 aliphatic heterocycles. The summed E-state index contributed by atoms with van der Waals surface area (Å²) >= 11 is 0. The Labute approximate surface area is 182 Å². The van der Waals surface area contributed by atoms with Crippen LogP contribution in [0.1, 0.15) is 65.2 Å². The Morgan fingerprint density at radius 1 is 0.967 bits per heavy atom. The molecule has 1 aromatic heterocycles. The number of anilines is 2. The van der Waals surface area contributed by atoms with E-state index in [1.165, 1.54) is 69.8 Å². The molecule has 5 nitrogen and oxygen atoms in total. The van der Waals surface area contributed by atoms with Gasteiger partial charge in [0.2, 0.25) is 5.95 Å². The molecule has 0 spiro atoms. The topological polar surface area (TPSA) is 44.3 Å². The van der Waals surface area contributed by atoms with E-state index in [9.17, 15) is 0 Å². The summed E-state index contributed by atoms with van der Waals surface area (Å²) in [6.45, 7) is 10.4. The Morgan fingerprint density at radius 2 is 1.73 bits per heavy atom. The second-order valence-electron chi connectivity index (χ2n) is 9.21. The van der Waals surface area contributed by atoms with E-state index in [2.05, 4.69) is 53.2 Å². The monoisotopic (exact) mass is 409 g/mol. The number of nitrogens with one attached hydrogen (secondary N) is 1. The molecule has 0 amide bonds. The van der Waals surface area contributed by atoms with Crippen LogP contribution in [0.15, 0.2) is 24.3 Å². The highest BCUT2D eigenvalue weighted by Gasteiger charge is 2.23. The van der Waals surface area contributed by atoms with Gasteiger partial charge in [0.05, 0.1) is 5.52 Å². The first-order valence-electron chi connectivity index (χ1n) is 12.3. The summed E-state index contributed by atoms with van der Waals surface area (Å²) in [6, 6.07) is 8.94. The maximum atomic E-state index is 5.06. The smallest absolute Gasteiger partial charge is 0.225 e. The summed E-state index contributed by atoms with van der Waals surface area (Å²) < 4.78 is 0. The van der Waals surface area contributed by atoms with Crippen LogP contribution in [0.25, 0.3) is 10.9 Å². The number of rotatable bonds is 7. The van der Waals surface area contributed by atoms with Crippen molar-refractivity contribution in [2.45, 2.75) is 71.3 Å². The van der Waals surface area contributed by atoms with Gasteiger partial charge in [-0.05, 0) is 50.3 Å². The molecule has 1 unspecified atom stereocenters. The lowest BCUT2D eigenvalue weighted by Gasteiger charge is -2.35. The standard InChI is InChI=1S/C25H39N5/c1-3-20(4-2)18-29-15-11-12-21(19-29)26-25-27-23-14-8-7-13-22(23)24(28-25)30-16-9-5-6-10-17-30/h7-8,13-14,20-21H,3-6,9-12,15-19H2,1-2H3,(H,26,27,28).